The Balaban J connectivity index is 2.07. The van der Waals surface area contributed by atoms with Crippen LogP contribution in [0.3, 0.4) is 0 Å². The van der Waals surface area contributed by atoms with Crippen LogP contribution < -0.4 is 16.2 Å². The number of carboxylic acids is 1. The standard InChI is InChI=1S/C23H18Cl3N3O7/c24-13-4-2-1-3-12(13)10-29-22(35)17(19(32)18(23(29)36)21(34)28-9-16(30)31)20(33)27-8-11-5-6-14(25)15(26)7-11/h1-7,32,35H,8-10H2,(H,27,33)(H,28,34)(H,30,31). The molecule has 2 amide bonds. The summed E-state index contributed by atoms with van der Waals surface area (Å²) in [7, 11) is 0. The number of rotatable bonds is 8. The summed E-state index contributed by atoms with van der Waals surface area (Å²) in [5.74, 6) is -5.75. The molecule has 188 valence electrons. The normalized spacial score (nSPS) is 10.6. The highest BCUT2D eigenvalue weighted by Crippen LogP contribution is 2.30. The summed E-state index contributed by atoms with van der Waals surface area (Å²) < 4.78 is 0.671. The Hall–Kier alpha value is -3.73. The molecule has 0 bridgehead atoms. The highest BCUT2D eigenvalue weighted by atomic mass is 35.5. The first kappa shape index (κ1) is 26.9. The summed E-state index contributed by atoms with van der Waals surface area (Å²) >= 11 is 18.0. The van der Waals surface area contributed by atoms with Gasteiger partial charge in [-0.25, -0.2) is 0 Å². The summed E-state index contributed by atoms with van der Waals surface area (Å²) in [4.78, 5) is 49.5. The number of amides is 2. The minimum Gasteiger partial charge on any atom is -0.506 e. The fourth-order valence-electron chi connectivity index (χ4n) is 3.22. The molecule has 0 aliphatic rings. The van der Waals surface area contributed by atoms with Crippen LogP contribution in [0.2, 0.25) is 15.1 Å². The van der Waals surface area contributed by atoms with Gasteiger partial charge in [0.05, 0.1) is 16.6 Å². The van der Waals surface area contributed by atoms with Crippen molar-refractivity contribution in [2.45, 2.75) is 13.1 Å². The highest BCUT2D eigenvalue weighted by Gasteiger charge is 2.30. The Bertz CT molecular complexity index is 1420. The monoisotopic (exact) mass is 553 g/mol. The van der Waals surface area contributed by atoms with E-state index in [2.05, 4.69) is 5.32 Å². The van der Waals surface area contributed by atoms with Crippen molar-refractivity contribution >= 4 is 52.6 Å². The van der Waals surface area contributed by atoms with Crippen LogP contribution in [-0.2, 0) is 17.9 Å². The molecule has 13 heteroatoms. The van der Waals surface area contributed by atoms with E-state index in [4.69, 9.17) is 39.9 Å². The highest BCUT2D eigenvalue weighted by molar-refractivity contribution is 6.42. The number of carboxylic acid groups (broad SMARTS) is 1. The molecule has 1 heterocycles. The van der Waals surface area contributed by atoms with Crippen LogP contribution in [0.15, 0.2) is 47.3 Å². The van der Waals surface area contributed by atoms with Crippen molar-refractivity contribution in [2.75, 3.05) is 6.54 Å². The zero-order chi connectivity index (χ0) is 26.6. The maximum Gasteiger partial charge on any atom is 0.322 e. The number of carbonyl (C=O) groups excluding carboxylic acids is 2. The smallest absolute Gasteiger partial charge is 0.322 e. The molecular weight excluding hydrogens is 537 g/mol. The van der Waals surface area contributed by atoms with Crippen molar-refractivity contribution in [3.8, 4) is 11.6 Å². The van der Waals surface area contributed by atoms with E-state index in [1.54, 1.807) is 24.3 Å². The number of aromatic hydroxyl groups is 2. The van der Waals surface area contributed by atoms with Crippen LogP contribution in [0.4, 0.5) is 0 Å². The number of nitrogens with zero attached hydrogens (tertiary/aromatic N) is 1. The lowest BCUT2D eigenvalue weighted by atomic mass is 10.1. The lowest BCUT2D eigenvalue weighted by Gasteiger charge is -2.17. The molecule has 0 spiro atoms. The molecule has 1 aromatic heterocycles. The molecule has 0 radical (unpaired) electrons. The molecule has 36 heavy (non-hydrogen) atoms. The van der Waals surface area contributed by atoms with Crippen molar-refractivity contribution < 1.29 is 29.7 Å². The van der Waals surface area contributed by atoms with E-state index in [-0.39, 0.29) is 23.1 Å². The number of carbonyl (C=O) groups is 3. The van der Waals surface area contributed by atoms with Gasteiger partial charge in [0.25, 0.3) is 17.4 Å². The Kier molecular flexibility index (Phi) is 8.46. The van der Waals surface area contributed by atoms with Crippen LogP contribution in [0.25, 0.3) is 0 Å². The number of hydrogen-bond donors (Lipinski definition) is 5. The zero-order valence-electron chi connectivity index (χ0n) is 18.2. The minimum absolute atomic E-state index is 0.112. The molecule has 0 aliphatic heterocycles. The van der Waals surface area contributed by atoms with Crippen LogP contribution in [-0.4, -0.2) is 44.2 Å². The summed E-state index contributed by atoms with van der Waals surface area (Å²) in [6, 6.07) is 10.9. The van der Waals surface area contributed by atoms with Gasteiger partial charge in [-0.05, 0) is 29.3 Å². The van der Waals surface area contributed by atoms with Gasteiger partial charge in [-0.3, -0.25) is 23.7 Å². The second-order valence-electron chi connectivity index (χ2n) is 7.41. The van der Waals surface area contributed by atoms with Gasteiger partial charge in [-0.1, -0.05) is 59.1 Å². The van der Waals surface area contributed by atoms with Crippen LogP contribution in [0, 0.1) is 0 Å². The first-order valence-electron chi connectivity index (χ1n) is 10.2. The molecular formula is C23H18Cl3N3O7. The summed E-state index contributed by atoms with van der Waals surface area (Å²) in [5, 5.41) is 35.5. The third-order valence-electron chi connectivity index (χ3n) is 4.99. The Labute approximate surface area is 218 Å². The maximum atomic E-state index is 13.1. The van der Waals surface area contributed by atoms with E-state index in [1.807, 2.05) is 5.32 Å². The summed E-state index contributed by atoms with van der Waals surface area (Å²) in [6.45, 7) is -1.34. The Morgan fingerprint density at radius 1 is 0.861 bits per heavy atom. The van der Waals surface area contributed by atoms with E-state index in [0.29, 0.717) is 20.7 Å². The first-order chi connectivity index (χ1) is 17.0. The van der Waals surface area contributed by atoms with Gasteiger partial charge in [-0.2, -0.15) is 0 Å². The van der Waals surface area contributed by atoms with Crippen molar-refractivity contribution in [3.05, 3.63) is 90.1 Å². The number of aromatic nitrogens is 1. The zero-order valence-corrected chi connectivity index (χ0v) is 20.5. The van der Waals surface area contributed by atoms with Gasteiger partial charge >= 0.3 is 5.97 Å². The lowest BCUT2D eigenvalue weighted by molar-refractivity contribution is -0.135. The van der Waals surface area contributed by atoms with Gasteiger partial charge in [-0.15, -0.1) is 0 Å². The van der Waals surface area contributed by atoms with Gasteiger partial charge in [0.2, 0.25) is 5.88 Å². The molecule has 3 aromatic rings. The number of aliphatic carboxylic acids is 1. The molecule has 10 nitrogen and oxygen atoms in total. The van der Waals surface area contributed by atoms with E-state index in [0.717, 1.165) is 0 Å². The molecule has 0 saturated carbocycles. The molecule has 0 atom stereocenters. The topological polar surface area (TPSA) is 158 Å². The number of hydrogen-bond acceptors (Lipinski definition) is 6. The summed E-state index contributed by atoms with van der Waals surface area (Å²) in [6.07, 6.45) is 0. The largest absolute Gasteiger partial charge is 0.506 e. The SMILES string of the molecule is O=C(O)CNC(=O)c1c(O)c(C(=O)NCc2ccc(Cl)c(Cl)c2)c(O)n(Cc2ccccc2Cl)c1=O. The summed E-state index contributed by atoms with van der Waals surface area (Å²) in [5.41, 5.74) is -1.99. The predicted molar refractivity (Wildman–Crippen MR) is 132 cm³/mol. The van der Waals surface area contributed by atoms with Gasteiger partial charge in [0, 0.05) is 11.6 Å². The number of halogens is 3. The average Bonchev–Trinajstić information content (AvgIpc) is 2.82. The quantitative estimate of drug-likeness (QED) is 0.286. The molecule has 0 saturated heterocycles. The number of benzene rings is 2. The van der Waals surface area contributed by atoms with E-state index in [9.17, 15) is 29.4 Å². The van der Waals surface area contributed by atoms with E-state index >= 15 is 0 Å². The van der Waals surface area contributed by atoms with E-state index in [1.165, 1.54) is 18.2 Å². The fourth-order valence-corrected chi connectivity index (χ4v) is 3.74. The van der Waals surface area contributed by atoms with E-state index < -0.39 is 52.6 Å². The number of nitrogens with one attached hydrogen (secondary N) is 2. The third-order valence-corrected chi connectivity index (χ3v) is 6.10. The Morgan fingerprint density at radius 3 is 2.17 bits per heavy atom. The lowest BCUT2D eigenvalue weighted by Crippen LogP contribution is -2.37. The molecule has 5 N–H and O–H groups in total. The molecule has 0 unspecified atom stereocenters. The maximum absolute atomic E-state index is 13.1. The predicted octanol–water partition coefficient (Wildman–Crippen LogP) is 3.01. The van der Waals surface area contributed by atoms with Crippen LogP contribution in [0.5, 0.6) is 11.6 Å². The molecule has 0 fully saturated rings. The average molecular weight is 555 g/mol. The molecule has 3 rings (SSSR count). The van der Waals surface area contributed by atoms with Crippen LogP contribution in [0.1, 0.15) is 31.8 Å². The fraction of sp³-hybridized carbons (Fsp3) is 0.130. The van der Waals surface area contributed by atoms with Crippen molar-refractivity contribution in [1.29, 1.82) is 0 Å². The molecule has 2 aromatic carbocycles. The van der Waals surface area contributed by atoms with Crippen molar-refractivity contribution in [3.63, 3.8) is 0 Å². The van der Waals surface area contributed by atoms with Crippen molar-refractivity contribution in [2.24, 2.45) is 0 Å². The second kappa shape index (κ2) is 11.3. The molecule has 0 aliphatic carbocycles. The number of pyridine rings is 1. The Morgan fingerprint density at radius 2 is 1.53 bits per heavy atom. The van der Waals surface area contributed by atoms with Gasteiger partial charge in [0.1, 0.15) is 17.7 Å². The minimum atomic E-state index is -1.40. The third kappa shape index (κ3) is 5.91. The van der Waals surface area contributed by atoms with Crippen LogP contribution >= 0.6 is 34.8 Å². The van der Waals surface area contributed by atoms with Gasteiger partial charge < -0.3 is 26.0 Å². The van der Waals surface area contributed by atoms with Gasteiger partial charge in [0.15, 0.2) is 5.75 Å². The first-order valence-corrected chi connectivity index (χ1v) is 11.3. The second-order valence-corrected chi connectivity index (χ2v) is 8.63. The van der Waals surface area contributed by atoms with Crippen molar-refractivity contribution in [1.82, 2.24) is 15.2 Å².